The van der Waals surface area contributed by atoms with Gasteiger partial charge in [0.2, 0.25) is 5.95 Å². The number of imidazole rings is 1. The number of nitrogens with one attached hydrogen (secondary N) is 1. The van der Waals surface area contributed by atoms with Crippen molar-refractivity contribution < 1.29 is 19.3 Å². The highest BCUT2D eigenvalue weighted by atomic mass is 79.9. The van der Waals surface area contributed by atoms with Crippen LogP contribution in [0.1, 0.15) is 20.1 Å². The fourth-order valence-electron chi connectivity index (χ4n) is 3.21. The normalized spacial score (nSPS) is 31.7. The maximum atomic E-state index is 12.0. The summed E-state index contributed by atoms with van der Waals surface area (Å²) < 4.78 is 19.6. The lowest BCUT2D eigenvalue weighted by Gasteiger charge is -2.24. The Morgan fingerprint density at radius 2 is 2.08 bits per heavy atom. The van der Waals surface area contributed by atoms with Gasteiger partial charge in [-0.25, -0.2) is 4.98 Å². The Balaban J connectivity index is 1.86. The van der Waals surface area contributed by atoms with Gasteiger partial charge in [-0.1, -0.05) is 0 Å². The lowest BCUT2D eigenvalue weighted by Crippen LogP contribution is -2.31. The molecule has 11 heteroatoms. The number of hydrogen-bond acceptors (Lipinski definition) is 8. The molecule has 0 spiro atoms. The molecule has 0 amide bonds. The highest BCUT2D eigenvalue weighted by Gasteiger charge is 2.56. The molecule has 0 aliphatic carbocycles. The van der Waals surface area contributed by atoms with Crippen molar-refractivity contribution in [3.63, 3.8) is 0 Å². The first kappa shape index (κ1) is 16.0. The number of aromatic amines is 1. The standard InChI is InChI=1S/C13H16BrN5O5/c1-13(2)23-6-4(3-20)22-10(7(6)24-13)19-8-5(16-11(19)14)9(21)18-12(15)17-8/h4,6-7,10,20H,3H2,1-2H3,(H3,15,17,18,21)/t4-,6+,7+,10-/m0/s1. The number of anilines is 1. The highest BCUT2D eigenvalue weighted by molar-refractivity contribution is 9.10. The minimum Gasteiger partial charge on any atom is -0.394 e. The predicted molar refractivity (Wildman–Crippen MR) is 85.1 cm³/mol. The maximum absolute atomic E-state index is 12.0. The molecule has 0 radical (unpaired) electrons. The number of nitrogen functional groups attached to an aromatic ring is 1. The van der Waals surface area contributed by atoms with Crippen molar-refractivity contribution in [2.24, 2.45) is 0 Å². The minimum absolute atomic E-state index is 0.0293. The molecule has 2 aromatic heterocycles. The van der Waals surface area contributed by atoms with Crippen LogP contribution in [0.4, 0.5) is 5.95 Å². The first-order chi connectivity index (χ1) is 11.3. The smallest absolute Gasteiger partial charge is 0.280 e. The Bertz CT molecular complexity index is 864. The SMILES string of the molecule is CC1(C)O[C@@H]2[C@H](O1)[C@H](CO)O[C@@H]2n1c(Br)nc2c(=O)[nH]c(N)nc21. The number of H-pyrrole nitrogens is 1. The predicted octanol–water partition coefficient (Wildman–Crippen LogP) is -0.126. The number of ether oxygens (including phenoxy) is 3. The van der Waals surface area contributed by atoms with Gasteiger partial charge >= 0.3 is 0 Å². The highest BCUT2D eigenvalue weighted by Crippen LogP contribution is 2.44. The lowest BCUT2D eigenvalue weighted by molar-refractivity contribution is -0.200. The molecule has 2 aromatic rings. The summed E-state index contributed by atoms with van der Waals surface area (Å²) in [4.78, 5) is 22.8. The van der Waals surface area contributed by atoms with Gasteiger partial charge in [-0.3, -0.25) is 14.3 Å². The second-order valence-corrected chi connectivity index (χ2v) is 6.90. The fraction of sp³-hybridized carbons (Fsp3) is 0.615. The van der Waals surface area contributed by atoms with Crippen LogP contribution in [0.15, 0.2) is 9.53 Å². The van der Waals surface area contributed by atoms with Crippen LogP contribution in [0.2, 0.25) is 0 Å². The summed E-state index contributed by atoms with van der Waals surface area (Å²) in [6.07, 6.45) is -2.18. The van der Waals surface area contributed by atoms with Gasteiger partial charge in [0.15, 0.2) is 27.9 Å². The van der Waals surface area contributed by atoms with Gasteiger partial charge < -0.3 is 25.1 Å². The van der Waals surface area contributed by atoms with E-state index in [1.807, 2.05) is 0 Å². The molecule has 0 saturated carbocycles. The Morgan fingerprint density at radius 1 is 1.38 bits per heavy atom. The molecule has 2 aliphatic rings. The first-order valence-electron chi connectivity index (χ1n) is 7.36. The van der Waals surface area contributed by atoms with E-state index in [1.54, 1.807) is 18.4 Å². The van der Waals surface area contributed by atoms with Crippen LogP contribution >= 0.6 is 15.9 Å². The summed E-state index contributed by atoms with van der Waals surface area (Å²) in [7, 11) is 0. The number of aliphatic hydroxyl groups is 1. The lowest BCUT2D eigenvalue weighted by atomic mass is 10.1. The van der Waals surface area contributed by atoms with Gasteiger partial charge in [0, 0.05) is 0 Å². The van der Waals surface area contributed by atoms with Gasteiger partial charge in [-0.05, 0) is 29.8 Å². The van der Waals surface area contributed by atoms with E-state index < -0.39 is 35.9 Å². The van der Waals surface area contributed by atoms with E-state index in [9.17, 15) is 9.90 Å². The zero-order valence-electron chi connectivity index (χ0n) is 12.9. The third kappa shape index (κ3) is 2.27. The largest absolute Gasteiger partial charge is 0.394 e. The number of rotatable bonds is 2. The molecule has 2 fully saturated rings. The van der Waals surface area contributed by atoms with Crippen molar-refractivity contribution in [1.82, 2.24) is 19.5 Å². The molecule has 4 atom stereocenters. The van der Waals surface area contributed by atoms with E-state index in [1.165, 1.54) is 0 Å². The third-order valence-corrected chi connectivity index (χ3v) is 4.64. The van der Waals surface area contributed by atoms with Crippen molar-refractivity contribution in [3.05, 3.63) is 15.1 Å². The fourth-order valence-corrected chi connectivity index (χ4v) is 3.76. The van der Waals surface area contributed by atoms with Crippen LogP contribution in [0.25, 0.3) is 11.2 Å². The average molecular weight is 402 g/mol. The molecule has 0 bridgehead atoms. The second kappa shape index (κ2) is 5.23. The van der Waals surface area contributed by atoms with Gasteiger partial charge in [-0.2, -0.15) is 4.98 Å². The molecule has 2 aliphatic heterocycles. The minimum atomic E-state index is -0.808. The molecule has 10 nitrogen and oxygen atoms in total. The molecule has 130 valence electrons. The van der Waals surface area contributed by atoms with E-state index >= 15 is 0 Å². The first-order valence-corrected chi connectivity index (χ1v) is 8.15. The molecule has 0 unspecified atom stereocenters. The zero-order valence-corrected chi connectivity index (χ0v) is 14.5. The molecule has 4 N–H and O–H groups in total. The van der Waals surface area contributed by atoms with E-state index in [2.05, 4.69) is 30.9 Å². The maximum Gasteiger partial charge on any atom is 0.280 e. The monoisotopic (exact) mass is 401 g/mol. The number of aliphatic hydroxyl groups excluding tert-OH is 1. The molecular formula is C13H16BrN5O5. The summed E-state index contributed by atoms with van der Waals surface area (Å²) in [5.41, 5.74) is 5.58. The van der Waals surface area contributed by atoms with E-state index in [0.29, 0.717) is 4.73 Å². The Kier molecular flexibility index (Phi) is 3.48. The summed E-state index contributed by atoms with van der Waals surface area (Å²) in [5.74, 6) is -0.837. The molecular weight excluding hydrogens is 386 g/mol. The topological polar surface area (TPSA) is 138 Å². The molecule has 4 heterocycles. The molecule has 2 saturated heterocycles. The number of fused-ring (bicyclic) bond motifs is 2. The van der Waals surface area contributed by atoms with Gasteiger partial charge in [0.05, 0.1) is 6.61 Å². The van der Waals surface area contributed by atoms with E-state index in [-0.39, 0.29) is 23.7 Å². The molecule has 24 heavy (non-hydrogen) atoms. The number of halogens is 1. The van der Waals surface area contributed by atoms with Crippen LogP contribution in [-0.4, -0.2) is 55.3 Å². The Morgan fingerprint density at radius 3 is 2.79 bits per heavy atom. The zero-order chi connectivity index (χ0) is 17.2. The summed E-state index contributed by atoms with van der Waals surface area (Å²) in [6.45, 7) is 3.36. The summed E-state index contributed by atoms with van der Waals surface area (Å²) >= 11 is 3.33. The Labute approximate surface area is 144 Å². The number of nitrogens with zero attached hydrogens (tertiary/aromatic N) is 3. The van der Waals surface area contributed by atoms with E-state index in [0.717, 1.165) is 0 Å². The number of aromatic nitrogens is 4. The number of nitrogens with two attached hydrogens (primary N) is 1. The van der Waals surface area contributed by atoms with Crippen molar-refractivity contribution >= 4 is 33.0 Å². The summed E-state index contributed by atoms with van der Waals surface area (Å²) in [5, 5.41) is 9.58. The second-order valence-electron chi connectivity index (χ2n) is 6.19. The third-order valence-electron chi connectivity index (χ3n) is 4.09. The van der Waals surface area contributed by atoms with Crippen LogP contribution in [0, 0.1) is 0 Å². The van der Waals surface area contributed by atoms with Gasteiger partial charge in [-0.15, -0.1) is 0 Å². The van der Waals surface area contributed by atoms with E-state index in [4.69, 9.17) is 19.9 Å². The van der Waals surface area contributed by atoms with Crippen LogP contribution < -0.4 is 11.3 Å². The van der Waals surface area contributed by atoms with Crippen LogP contribution in [0.5, 0.6) is 0 Å². The van der Waals surface area contributed by atoms with Crippen molar-refractivity contribution in [3.8, 4) is 0 Å². The molecule has 0 aromatic carbocycles. The average Bonchev–Trinajstić information content (AvgIpc) is 3.07. The van der Waals surface area contributed by atoms with Crippen LogP contribution in [-0.2, 0) is 14.2 Å². The van der Waals surface area contributed by atoms with Crippen molar-refractivity contribution in [1.29, 1.82) is 0 Å². The summed E-state index contributed by atoms with van der Waals surface area (Å²) in [6, 6.07) is 0. The van der Waals surface area contributed by atoms with Crippen molar-refractivity contribution in [2.75, 3.05) is 12.3 Å². The van der Waals surface area contributed by atoms with Gasteiger partial charge in [0.25, 0.3) is 5.56 Å². The molecule has 4 rings (SSSR count). The quantitative estimate of drug-likeness (QED) is 0.591. The van der Waals surface area contributed by atoms with Crippen LogP contribution in [0.3, 0.4) is 0 Å². The van der Waals surface area contributed by atoms with Crippen molar-refractivity contribution in [2.45, 2.75) is 44.2 Å². The Hall–Kier alpha value is -1.53. The number of hydrogen-bond donors (Lipinski definition) is 3. The van der Waals surface area contributed by atoms with Gasteiger partial charge in [0.1, 0.15) is 18.3 Å².